The normalized spacial score (nSPS) is 21.2. The van der Waals surface area contributed by atoms with Crippen molar-refractivity contribution in [2.75, 3.05) is 13.2 Å². The van der Waals surface area contributed by atoms with E-state index in [9.17, 15) is 9.50 Å². The molecular formula is C10H12FNO. The second-order valence-corrected chi connectivity index (χ2v) is 3.29. The average Bonchev–Trinajstić information content (AvgIpc) is 2.16. The summed E-state index contributed by atoms with van der Waals surface area (Å²) < 4.78 is 12.5. The molecule has 0 amide bonds. The van der Waals surface area contributed by atoms with Gasteiger partial charge in [0.15, 0.2) is 0 Å². The number of phenols is 1. The molecule has 1 aliphatic heterocycles. The summed E-state index contributed by atoms with van der Waals surface area (Å²) in [5.74, 6) is 0.262. The van der Waals surface area contributed by atoms with Crippen molar-refractivity contribution in [1.82, 2.24) is 5.32 Å². The lowest BCUT2D eigenvalue weighted by Crippen LogP contribution is -2.30. The molecule has 0 aromatic heterocycles. The fourth-order valence-corrected chi connectivity index (χ4v) is 1.78. The Bertz CT molecular complexity index is 314. The molecule has 0 aliphatic carbocycles. The van der Waals surface area contributed by atoms with Gasteiger partial charge in [0.2, 0.25) is 0 Å². The number of hydrogen-bond donors (Lipinski definition) is 2. The lowest BCUT2D eigenvalue weighted by Gasteiger charge is -2.24. The minimum Gasteiger partial charge on any atom is -0.508 e. The number of aromatic hydroxyl groups is 1. The van der Waals surface area contributed by atoms with Crippen LogP contribution in [0.2, 0.25) is 0 Å². The largest absolute Gasteiger partial charge is 0.508 e. The zero-order valence-corrected chi connectivity index (χ0v) is 7.26. The molecule has 1 atom stereocenters. The number of nitrogens with one attached hydrogen (secondary N) is 1. The highest BCUT2D eigenvalue weighted by atomic mass is 19.1. The van der Waals surface area contributed by atoms with Gasteiger partial charge in [0.05, 0.1) is 6.04 Å². The average molecular weight is 181 g/mol. The van der Waals surface area contributed by atoms with Crippen LogP contribution < -0.4 is 5.32 Å². The van der Waals surface area contributed by atoms with Crippen LogP contribution in [0.4, 0.5) is 4.39 Å². The molecule has 0 bridgehead atoms. The van der Waals surface area contributed by atoms with Gasteiger partial charge >= 0.3 is 0 Å². The SMILES string of the molecule is Oc1ccc2c(c1)CCNC2CF. The van der Waals surface area contributed by atoms with E-state index >= 15 is 0 Å². The maximum absolute atomic E-state index is 12.5. The monoisotopic (exact) mass is 181 g/mol. The first-order valence-electron chi connectivity index (χ1n) is 4.42. The molecule has 1 unspecified atom stereocenters. The maximum Gasteiger partial charge on any atom is 0.115 e. The summed E-state index contributed by atoms with van der Waals surface area (Å²) in [6.45, 7) is 0.392. The first-order chi connectivity index (χ1) is 6.31. The van der Waals surface area contributed by atoms with Crippen molar-refractivity contribution in [3.63, 3.8) is 0 Å². The van der Waals surface area contributed by atoms with E-state index in [4.69, 9.17) is 0 Å². The Kier molecular flexibility index (Phi) is 2.19. The van der Waals surface area contributed by atoms with Crippen LogP contribution in [0.25, 0.3) is 0 Å². The predicted molar refractivity (Wildman–Crippen MR) is 48.5 cm³/mol. The van der Waals surface area contributed by atoms with Crippen LogP contribution >= 0.6 is 0 Å². The predicted octanol–water partition coefficient (Wildman–Crippen LogP) is 1.55. The molecule has 1 heterocycles. The first-order valence-corrected chi connectivity index (χ1v) is 4.42. The number of halogens is 1. The summed E-state index contributed by atoms with van der Waals surface area (Å²) in [5, 5.41) is 12.3. The Morgan fingerprint density at radius 2 is 2.38 bits per heavy atom. The Balaban J connectivity index is 2.40. The summed E-state index contributed by atoms with van der Waals surface area (Å²) in [6, 6.07) is 4.93. The second kappa shape index (κ2) is 3.34. The number of fused-ring (bicyclic) bond motifs is 1. The molecule has 0 fully saturated rings. The lowest BCUT2D eigenvalue weighted by atomic mass is 9.95. The topological polar surface area (TPSA) is 32.3 Å². The third-order valence-electron chi connectivity index (χ3n) is 2.44. The summed E-state index contributed by atoms with van der Waals surface area (Å²) in [7, 11) is 0. The molecule has 70 valence electrons. The van der Waals surface area contributed by atoms with Crippen LogP contribution in [-0.4, -0.2) is 18.3 Å². The van der Waals surface area contributed by atoms with E-state index in [1.807, 2.05) is 0 Å². The van der Waals surface area contributed by atoms with Crippen molar-refractivity contribution in [2.24, 2.45) is 0 Å². The van der Waals surface area contributed by atoms with Gasteiger partial charge in [-0.2, -0.15) is 0 Å². The summed E-state index contributed by atoms with van der Waals surface area (Å²) in [4.78, 5) is 0. The number of alkyl halides is 1. The van der Waals surface area contributed by atoms with Crippen LogP contribution in [0.3, 0.4) is 0 Å². The fourth-order valence-electron chi connectivity index (χ4n) is 1.78. The van der Waals surface area contributed by atoms with Crippen LogP contribution in [0.1, 0.15) is 17.2 Å². The molecule has 2 N–H and O–H groups in total. The van der Waals surface area contributed by atoms with E-state index in [1.165, 1.54) is 0 Å². The lowest BCUT2D eigenvalue weighted by molar-refractivity contribution is 0.370. The number of rotatable bonds is 1. The van der Waals surface area contributed by atoms with Gasteiger partial charge in [0, 0.05) is 0 Å². The van der Waals surface area contributed by atoms with Crippen LogP contribution in [0.15, 0.2) is 18.2 Å². The highest BCUT2D eigenvalue weighted by Crippen LogP contribution is 2.26. The molecule has 3 heteroatoms. The van der Waals surface area contributed by atoms with Gasteiger partial charge in [-0.15, -0.1) is 0 Å². The van der Waals surface area contributed by atoms with Gasteiger partial charge in [0.1, 0.15) is 12.4 Å². The smallest absolute Gasteiger partial charge is 0.115 e. The minimum absolute atomic E-state index is 0.190. The maximum atomic E-state index is 12.5. The Hall–Kier alpha value is -1.09. The van der Waals surface area contributed by atoms with E-state index in [0.29, 0.717) is 0 Å². The Labute approximate surface area is 76.4 Å². The summed E-state index contributed by atoms with van der Waals surface area (Å²) in [6.07, 6.45) is 0.861. The highest BCUT2D eigenvalue weighted by molar-refractivity contribution is 5.38. The number of hydrogen-bond acceptors (Lipinski definition) is 2. The molecule has 2 nitrogen and oxygen atoms in total. The van der Waals surface area contributed by atoms with Gasteiger partial charge in [-0.25, -0.2) is 4.39 Å². The van der Waals surface area contributed by atoms with Gasteiger partial charge in [-0.3, -0.25) is 0 Å². The zero-order chi connectivity index (χ0) is 9.26. The number of phenolic OH excluding ortho intramolecular Hbond substituents is 1. The van der Waals surface area contributed by atoms with Gasteiger partial charge in [-0.1, -0.05) is 6.07 Å². The van der Waals surface area contributed by atoms with Crippen molar-refractivity contribution in [1.29, 1.82) is 0 Å². The molecule has 1 aliphatic rings. The van der Waals surface area contributed by atoms with Crippen molar-refractivity contribution < 1.29 is 9.50 Å². The van der Waals surface area contributed by atoms with Gasteiger partial charge in [-0.05, 0) is 36.2 Å². The molecule has 2 rings (SSSR count). The molecule has 13 heavy (non-hydrogen) atoms. The van der Waals surface area contributed by atoms with E-state index in [0.717, 1.165) is 24.1 Å². The second-order valence-electron chi connectivity index (χ2n) is 3.29. The molecule has 1 aromatic carbocycles. The van der Waals surface area contributed by atoms with Crippen molar-refractivity contribution >= 4 is 0 Å². The summed E-state index contributed by atoms with van der Waals surface area (Å²) in [5.41, 5.74) is 2.04. The van der Waals surface area contributed by atoms with Gasteiger partial charge in [0.25, 0.3) is 0 Å². The molecule has 0 spiro atoms. The third-order valence-corrected chi connectivity index (χ3v) is 2.44. The zero-order valence-electron chi connectivity index (χ0n) is 7.26. The van der Waals surface area contributed by atoms with E-state index in [2.05, 4.69) is 5.32 Å². The Morgan fingerprint density at radius 1 is 1.54 bits per heavy atom. The highest BCUT2D eigenvalue weighted by Gasteiger charge is 2.19. The van der Waals surface area contributed by atoms with E-state index in [-0.39, 0.29) is 11.8 Å². The molecular weight excluding hydrogens is 169 g/mol. The summed E-state index contributed by atoms with van der Waals surface area (Å²) >= 11 is 0. The standard InChI is InChI=1S/C10H12FNO/c11-6-10-9-2-1-8(13)5-7(9)3-4-12-10/h1-2,5,10,12-13H,3-4,6H2. The molecule has 0 saturated carbocycles. The van der Waals surface area contributed by atoms with Crippen molar-refractivity contribution in [3.8, 4) is 5.75 Å². The van der Waals surface area contributed by atoms with Crippen LogP contribution in [0, 0.1) is 0 Å². The molecule has 0 saturated heterocycles. The fraction of sp³-hybridized carbons (Fsp3) is 0.400. The number of benzene rings is 1. The molecule has 0 radical (unpaired) electrons. The quantitative estimate of drug-likeness (QED) is 0.689. The minimum atomic E-state index is -0.391. The van der Waals surface area contributed by atoms with Crippen molar-refractivity contribution in [3.05, 3.63) is 29.3 Å². The van der Waals surface area contributed by atoms with Crippen molar-refractivity contribution in [2.45, 2.75) is 12.5 Å². The Morgan fingerprint density at radius 3 is 3.15 bits per heavy atom. The van der Waals surface area contributed by atoms with Crippen LogP contribution in [-0.2, 0) is 6.42 Å². The molecule has 1 aromatic rings. The van der Waals surface area contributed by atoms with E-state index < -0.39 is 6.67 Å². The first kappa shape index (κ1) is 8.51. The van der Waals surface area contributed by atoms with Crippen LogP contribution in [0.5, 0.6) is 5.75 Å². The third kappa shape index (κ3) is 1.52. The van der Waals surface area contributed by atoms with E-state index in [1.54, 1.807) is 18.2 Å². The van der Waals surface area contributed by atoms with Gasteiger partial charge < -0.3 is 10.4 Å².